The zero-order valence-electron chi connectivity index (χ0n) is 16.5. The molecular weight excluding hydrogens is 394 g/mol. The van der Waals surface area contributed by atoms with Gasteiger partial charge in [0.2, 0.25) is 0 Å². The number of nitrogens with zero attached hydrogens (tertiary/aromatic N) is 3. The summed E-state index contributed by atoms with van der Waals surface area (Å²) in [6.07, 6.45) is 0.457. The van der Waals surface area contributed by atoms with Gasteiger partial charge in [-0.3, -0.25) is 4.90 Å². The van der Waals surface area contributed by atoms with E-state index in [4.69, 9.17) is 14.5 Å². The molecule has 0 spiro atoms. The largest absolute Gasteiger partial charge is 0.493 e. The maximum Gasteiger partial charge on any atom is 0.418 e. The summed E-state index contributed by atoms with van der Waals surface area (Å²) in [6, 6.07) is 2.45. The fourth-order valence-corrected chi connectivity index (χ4v) is 5.48. The number of carbonyl (C=O) groups is 2. The number of hydrogen-bond acceptors (Lipinski definition) is 7. The Hall–Kier alpha value is -2.39. The van der Waals surface area contributed by atoms with Crippen LogP contribution in [0.15, 0.2) is 12.1 Å². The van der Waals surface area contributed by atoms with Crippen LogP contribution in [0.1, 0.15) is 39.2 Å². The Morgan fingerprint density at radius 2 is 2.14 bits per heavy atom. The van der Waals surface area contributed by atoms with E-state index < -0.39 is 35.9 Å². The van der Waals surface area contributed by atoms with Crippen LogP contribution in [0.5, 0.6) is 5.75 Å². The molecule has 29 heavy (non-hydrogen) atoms. The second kappa shape index (κ2) is 6.30. The summed E-state index contributed by atoms with van der Waals surface area (Å²) in [5.74, 6) is 0.830. The van der Waals surface area contributed by atoms with Gasteiger partial charge in [0.15, 0.2) is 5.13 Å². The molecule has 154 valence electrons. The van der Waals surface area contributed by atoms with Crippen LogP contribution in [0.4, 0.5) is 14.7 Å². The third kappa shape index (κ3) is 2.86. The Bertz CT molecular complexity index is 1010. The molecule has 0 bridgehead atoms. The molecular formula is C20H23N3O5S. The van der Waals surface area contributed by atoms with Gasteiger partial charge in [-0.15, -0.1) is 0 Å². The molecule has 2 aromatic rings. The number of imide groups is 1. The number of carbonyl (C=O) groups excluding carboxylic acids is 2. The maximum atomic E-state index is 13.3. The second-order valence-electron chi connectivity index (χ2n) is 8.69. The van der Waals surface area contributed by atoms with Gasteiger partial charge in [0.1, 0.15) is 11.4 Å². The fourth-order valence-electron chi connectivity index (χ4n) is 4.45. The lowest BCUT2D eigenvalue weighted by molar-refractivity contribution is 0.0291. The van der Waals surface area contributed by atoms with Gasteiger partial charge >= 0.3 is 12.1 Å². The van der Waals surface area contributed by atoms with E-state index in [1.807, 2.05) is 12.1 Å². The minimum atomic E-state index is -0.714. The van der Waals surface area contributed by atoms with Gasteiger partial charge < -0.3 is 14.6 Å². The lowest BCUT2D eigenvalue weighted by atomic mass is 10.1. The van der Waals surface area contributed by atoms with Crippen molar-refractivity contribution in [3.63, 3.8) is 0 Å². The third-order valence-electron chi connectivity index (χ3n) is 5.61. The Labute approximate surface area is 172 Å². The van der Waals surface area contributed by atoms with E-state index in [2.05, 4.69) is 0 Å². The lowest BCUT2D eigenvalue weighted by Crippen LogP contribution is -2.43. The number of hydrogen-bond donors (Lipinski definition) is 1. The molecule has 3 atom stereocenters. The van der Waals surface area contributed by atoms with Crippen molar-refractivity contribution in [1.82, 2.24) is 9.88 Å². The van der Waals surface area contributed by atoms with E-state index in [0.29, 0.717) is 24.6 Å². The van der Waals surface area contributed by atoms with Crippen LogP contribution >= 0.6 is 11.3 Å². The van der Waals surface area contributed by atoms with E-state index >= 15 is 0 Å². The van der Waals surface area contributed by atoms with Crippen molar-refractivity contribution in [3.8, 4) is 5.75 Å². The highest BCUT2D eigenvalue weighted by Crippen LogP contribution is 2.43. The number of anilines is 1. The van der Waals surface area contributed by atoms with Crippen LogP contribution in [0.3, 0.4) is 0 Å². The Balaban J connectivity index is 1.55. The van der Waals surface area contributed by atoms with Gasteiger partial charge in [-0.05, 0) is 45.7 Å². The minimum Gasteiger partial charge on any atom is -0.493 e. The molecule has 5 rings (SSSR count). The fraction of sp³-hybridized carbons (Fsp3) is 0.550. The predicted molar refractivity (Wildman–Crippen MR) is 108 cm³/mol. The van der Waals surface area contributed by atoms with Crippen LogP contribution < -0.4 is 9.64 Å². The topological polar surface area (TPSA) is 92.2 Å². The van der Waals surface area contributed by atoms with Crippen LogP contribution in [0.2, 0.25) is 0 Å². The summed E-state index contributed by atoms with van der Waals surface area (Å²) in [7, 11) is 0. The standard InChI is InChI=1S/C20H23N3O5S/c1-20(2,3)28-19(26)22-11-4-5-12(24)16(11)23(18(22)25)17-21-15-10-8-9-27-13(10)6-7-14(15)29-17/h6-7,11-12,16,24H,4-5,8-9H2,1-3H3/t11-,12-,16-/m1/s1. The Morgan fingerprint density at radius 1 is 1.34 bits per heavy atom. The Morgan fingerprint density at radius 3 is 2.90 bits per heavy atom. The molecule has 1 aromatic heterocycles. The van der Waals surface area contributed by atoms with Gasteiger partial charge in [0.05, 0.1) is 35.0 Å². The minimum absolute atomic E-state index is 0.423. The number of benzene rings is 1. The highest BCUT2D eigenvalue weighted by atomic mass is 32.1. The van der Waals surface area contributed by atoms with Crippen molar-refractivity contribution < 1.29 is 24.2 Å². The van der Waals surface area contributed by atoms with Crippen molar-refractivity contribution in [1.29, 1.82) is 0 Å². The molecule has 1 aromatic carbocycles. The number of fused-ring (bicyclic) bond motifs is 4. The quantitative estimate of drug-likeness (QED) is 0.765. The first-order valence-corrected chi connectivity index (χ1v) is 10.6. The SMILES string of the molecule is CC(C)(C)OC(=O)N1C(=O)N(c2nc3c4c(ccc3s2)OCC4)[C@H]2[C@H](O)CC[C@H]21. The van der Waals surface area contributed by atoms with Crippen molar-refractivity contribution >= 4 is 38.8 Å². The highest BCUT2D eigenvalue weighted by molar-refractivity contribution is 7.22. The molecule has 0 unspecified atom stereocenters. The lowest BCUT2D eigenvalue weighted by Gasteiger charge is -2.25. The number of aliphatic hydroxyl groups is 1. The zero-order valence-corrected chi connectivity index (χ0v) is 17.4. The van der Waals surface area contributed by atoms with E-state index in [1.165, 1.54) is 16.2 Å². The molecule has 1 saturated heterocycles. The summed E-state index contributed by atoms with van der Waals surface area (Å²) < 4.78 is 12.0. The smallest absolute Gasteiger partial charge is 0.418 e. The van der Waals surface area contributed by atoms with Crippen molar-refractivity contribution in [3.05, 3.63) is 17.7 Å². The maximum absolute atomic E-state index is 13.3. The predicted octanol–water partition coefficient (Wildman–Crippen LogP) is 3.30. The molecule has 0 radical (unpaired) electrons. The van der Waals surface area contributed by atoms with E-state index in [-0.39, 0.29) is 0 Å². The second-order valence-corrected chi connectivity index (χ2v) is 9.70. The molecule has 2 fully saturated rings. The normalized spacial score (nSPS) is 26.1. The molecule has 3 heterocycles. The third-order valence-corrected chi connectivity index (χ3v) is 6.63. The monoisotopic (exact) mass is 417 g/mol. The van der Waals surface area contributed by atoms with Crippen molar-refractivity contribution in [2.75, 3.05) is 11.5 Å². The first kappa shape index (κ1) is 18.6. The van der Waals surface area contributed by atoms with Gasteiger partial charge in [-0.1, -0.05) is 11.3 Å². The molecule has 8 nitrogen and oxygen atoms in total. The number of rotatable bonds is 1. The van der Waals surface area contributed by atoms with Crippen molar-refractivity contribution in [2.45, 2.75) is 63.8 Å². The molecule has 3 aliphatic rings. The number of amides is 3. The summed E-state index contributed by atoms with van der Waals surface area (Å²) >= 11 is 1.39. The molecule has 2 aliphatic heterocycles. The number of urea groups is 1. The molecule has 9 heteroatoms. The summed E-state index contributed by atoms with van der Waals surface area (Å²) in [5, 5.41) is 11.1. The summed E-state index contributed by atoms with van der Waals surface area (Å²) in [5.41, 5.74) is 1.16. The number of ether oxygens (including phenoxy) is 2. The van der Waals surface area contributed by atoms with Gasteiger partial charge in [0.25, 0.3) is 0 Å². The van der Waals surface area contributed by atoms with Gasteiger partial charge in [0, 0.05) is 12.0 Å². The Kier molecular flexibility index (Phi) is 4.05. The van der Waals surface area contributed by atoms with E-state index in [0.717, 1.165) is 32.9 Å². The number of thiazole rings is 1. The molecule has 1 aliphatic carbocycles. The summed E-state index contributed by atoms with van der Waals surface area (Å²) in [4.78, 5) is 33.4. The van der Waals surface area contributed by atoms with Crippen LogP contribution in [-0.2, 0) is 11.2 Å². The summed E-state index contributed by atoms with van der Waals surface area (Å²) in [6.45, 7) is 5.92. The first-order chi connectivity index (χ1) is 13.7. The molecule has 3 amide bonds. The number of aromatic nitrogens is 1. The van der Waals surface area contributed by atoms with Crippen LogP contribution in [-0.4, -0.2) is 57.5 Å². The zero-order chi connectivity index (χ0) is 20.5. The molecule has 1 N–H and O–H groups in total. The van der Waals surface area contributed by atoms with E-state index in [9.17, 15) is 14.7 Å². The average molecular weight is 417 g/mol. The van der Waals surface area contributed by atoms with Gasteiger partial charge in [-0.25, -0.2) is 19.5 Å². The first-order valence-electron chi connectivity index (χ1n) is 9.83. The molecule has 1 saturated carbocycles. The average Bonchev–Trinajstić information content (AvgIpc) is 3.36. The van der Waals surface area contributed by atoms with Crippen LogP contribution in [0.25, 0.3) is 10.2 Å². The highest BCUT2D eigenvalue weighted by Gasteiger charge is 2.57. The number of aliphatic hydroxyl groups excluding tert-OH is 1. The van der Waals surface area contributed by atoms with Gasteiger partial charge in [-0.2, -0.15) is 0 Å². The van der Waals surface area contributed by atoms with Crippen LogP contribution in [0, 0.1) is 0 Å². The van der Waals surface area contributed by atoms with Crippen molar-refractivity contribution in [2.24, 2.45) is 0 Å². The van der Waals surface area contributed by atoms with E-state index in [1.54, 1.807) is 20.8 Å².